The van der Waals surface area contributed by atoms with Gasteiger partial charge in [-0.3, -0.25) is 14.4 Å². The second-order valence-electron chi connectivity index (χ2n) is 8.00. The van der Waals surface area contributed by atoms with Crippen LogP contribution in [0.5, 0.6) is 5.75 Å². The summed E-state index contributed by atoms with van der Waals surface area (Å²) in [5.74, 6) is -1.68. The van der Waals surface area contributed by atoms with Gasteiger partial charge in [0, 0.05) is 6.54 Å². The molecule has 5 atom stereocenters. The van der Waals surface area contributed by atoms with Gasteiger partial charge in [0.25, 0.3) is 0 Å². The predicted octanol–water partition coefficient (Wildman–Crippen LogP) is 2.09. The molecule has 2 saturated heterocycles. The number of rotatable bonds is 6. The van der Waals surface area contributed by atoms with E-state index in [0.717, 1.165) is 5.56 Å². The van der Waals surface area contributed by atoms with Crippen LogP contribution in [0.15, 0.2) is 36.4 Å². The van der Waals surface area contributed by atoms with E-state index in [1.807, 2.05) is 32.1 Å². The molecule has 7 nitrogen and oxygen atoms in total. The van der Waals surface area contributed by atoms with E-state index in [1.54, 1.807) is 23.1 Å². The minimum absolute atomic E-state index is 0.116. The predicted molar refractivity (Wildman–Crippen MR) is 103 cm³/mol. The van der Waals surface area contributed by atoms with Crippen LogP contribution >= 0.6 is 0 Å². The first-order valence-corrected chi connectivity index (χ1v) is 9.93. The molecular weight excluding hydrogens is 374 g/mol. The Bertz CT molecular complexity index is 880. The highest BCUT2D eigenvalue weighted by Gasteiger charge is 2.67. The number of fused-ring (bicyclic) bond motifs is 1. The molecule has 3 aliphatic heterocycles. The third-order valence-corrected chi connectivity index (χ3v) is 6.16. The first-order valence-electron chi connectivity index (χ1n) is 9.93. The first-order chi connectivity index (χ1) is 13.9. The molecule has 0 radical (unpaired) electrons. The molecule has 2 bridgehead atoms. The maximum absolute atomic E-state index is 13.1. The monoisotopic (exact) mass is 399 g/mol. The molecule has 1 aromatic rings. The maximum atomic E-state index is 13.1. The van der Waals surface area contributed by atoms with Crippen molar-refractivity contribution in [3.63, 3.8) is 0 Å². The van der Waals surface area contributed by atoms with Crippen molar-refractivity contribution in [2.45, 2.75) is 38.5 Å². The normalized spacial score (nSPS) is 30.4. The highest BCUT2D eigenvalue weighted by atomic mass is 16.5. The van der Waals surface area contributed by atoms with Gasteiger partial charge in [-0.15, -0.1) is 0 Å². The Kier molecular flexibility index (Phi) is 4.94. The van der Waals surface area contributed by atoms with Crippen LogP contribution in [0.3, 0.4) is 0 Å². The average molecular weight is 399 g/mol. The zero-order chi connectivity index (χ0) is 20.8. The molecule has 1 spiro atoms. The number of amides is 1. The van der Waals surface area contributed by atoms with Crippen LogP contribution in [0.25, 0.3) is 0 Å². The summed E-state index contributed by atoms with van der Waals surface area (Å²) in [6.07, 6.45) is 4.07. The van der Waals surface area contributed by atoms with Gasteiger partial charge in [0.05, 0.1) is 31.6 Å². The van der Waals surface area contributed by atoms with Gasteiger partial charge in [-0.05, 0) is 24.1 Å². The molecule has 3 heterocycles. The molecule has 7 heteroatoms. The number of nitrogens with zero attached hydrogens (tertiary/aromatic N) is 1. The van der Waals surface area contributed by atoms with Crippen molar-refractivity contribution < 1.29 is 28.6 Å². The third-order valence-electron chi connectivity index (χ3n) is 6.16. The molecular formula is C22H25NO6. The van der Waals surface area contributed by atoms with Crippen molar-refractivity contribution >= 4 is 17.8 Å². The van der Waals surface area contributed by atoms with Gasteiger partial charge in [0.1, 0.15) is 17.3 Å². The first kappa shape index (κ1) is 19.6. The summed E-state index contributed by atoms with van der Waals surface area (Å²) in [5, 5.41) is 0. The van der Waals surface area contributed by atoms with E-state index >= 15 is 0 Å². The molecule has 154 valence electrons. The highest BCUT2D eigenvalue weighted by Crippen LogP contribution is 2.52. The Hall–Kier alpha value is -2.67. The van der Waals surface area contributed by atoms with Crippen LogP contribution in [0.2, 0.25) is 0 Å². The van der Waals surface area contributed by atoms with Crippen LogP contribution in [0.1, 0.15) is 25.8 Å². The molecule has 0 aliphatic carbocycles. The summed E-state index contributed by atoms with van der Waals surface area (Å²) in [6, 6.07) is 7.17. The van der Waals surface area contributed by atoms with E-state index in [0.29, 0.717) is 25.3 Å². The number of likely N-dealkylation sites (tertiary alicyclic amines) is 1. The zero-order valence-corrected chi connectivity index (χ0v) is 16.8. The number of benzene rings is 1. The quantitative estimate of drug-likeness (QED) is 0.414. The summed E-state index contributed by atoms with van der Waals surface area (Å²) < 4.78 is 16.4. The van der Waals surface area contributed by atoms with E-state index in [4.69, 9.17) is 14.2 Å². The molecule has 0 unspecified atom stereocenters. The minimum atomic E-state index is -0.763. The number of esters is 2. The lowest BCUT2D eigenvalue weighted by Crippen LogP contribution is -2.39. The van der Waals surface area contributed by atoms with Gasteiger partial charge in [0.2, 0.25) is 5.91 Å². The van der Waals surface area contributed by atoms with E-state index in [-0.39, 0.29) is 17.8 Å². The van der Waals surface area contributed by atoms with Gasteiger partial charge in [-0.2, -0.15) is 0 Å². The molecule has 29 heavy (non-hydrogen) atoms. The molecule has 1 aromatic carbocycles. The molecule has 0 aromatic heterocycles. The molecule has 3 aliphatic rings. The summed E-state index contributed by atoms with van der Waals surface area (Å²) >= 11 is 0. The lowest BCUT2D eigenvalue weighted by atomic mass is 9.77. The van der Waals surface area contributed by atoms with Crippen molar-refractivity contribution in [3.05, 3.63) is 42.0 Å². The lowest BCUT2D eigenvalue weighted by Gasteiger charge is -2.22. The molecule has 2 fully saturated rings. The summed E-state index contributed by atoms with van der Waals surface area (Å²) in [7, 11) is 1.33. The molecule has 0 saturated carbocycles. The molecule has 4 rings (SSSR count). The Balaban J connectivity index is 1.50. The summed E-state index contributed by atoms with van der Waals surface area (Å²) in [6.45, 7) is 4.49. The van der Waals surface area contributed by atoms with Crippen molar-refractivity contribution in [2.24, 2.45) is 17.8 Å². The lowest BCUT2D eigenvalue weighted by molar-refractivity contribution is -0.151. The van der Waals surface area contributed by atoms with Gasteiger partial charge in [-0.25, -0.2) is 0 Å². The fraction of sp³-hybridized carbons (Fsp3) is 0.500. The van der Waals surface area contributed by atoms with E-state index in [9.17, 15) is 14.4 Å². The number of carbonyl (C=O) groups is 3. The van der Waals surface area contributed by atoms with Gasteiger partial charge in [-0.1, -0.05) is 38.1 Å². The number of ether oxygens (including phenoxy) is 3. The summed E-state index contributed by atoms with van der Waals surface area (Å²) in [5.41, 5.74) is 0.0821. The number of methoxy groups -OCH3 is 1. The second-order valence-corrected chi connectivity index (χ2v) is 8.00. The van der Waals surface area contributed by atoms with E-state index < -0.39 is 29.5 Å². The van der Waals surface area contributed by atoms with Gasteiger partial charge < -0.3 is 19.1 Å². The Morgan fingerprint density at radius 3 is 2.90 bits per heavy atom. The van der Waals surface area contributed by atoms with Crippen LogP contribution in [-0.4, -0.2) is 48.1 Å². The standard InChI is InChI=1S/C22H25NO6/c1-4-13(2)20(25)28-15-7-5-6-14(10-15)11-23-12-22-9-8-16(29-22)17(21(26)27-3)18(22)19(23)24/h5-10,13,16-18H,4,11-12H2,1-3H3/t13-,16+,17+,18-,22+/m0/s1. The Morgan fingerprint density at radius 1 is 1.38 bits per heavy atom. The molecule has 0 N–H and O–H groups in total. The van der Waals surface area contributed by atoms with E-state index in [2.05, 4.69) is 0 Å². The second kappa shape index (κ2) is 7.30. The number of carbonyl (C=O) groups excluding carboxylic acids is 3. The summed E-state index contributed by atoms with van der Waals surface area (Å²) in [4.78, 5) is 39.1. The Morgan fingerprint density at radius 2 is 2.17 bits per heavy atom. The fourth-order valence-electron chi connectivity index (χ4n) is 4.43. The fourth-order valence-corrected chi connectivity index (χ4v) is 4.43. The number of hydrogen-bond donors (Lipinski definition) is 0. The van der Waals surface area contributed by atoms with Gasteiger partial charge >= 0.3 is 11.9 Å². The van der Waals surface area contributed by atoms with Crippen molar-refractivity contribution in [2.75, 3.05) is 13.7 Å². The van der Waals surface area contributed by atoms with Crippen molar-refractivity contribution in [3.8, 4) is 5.75 Å². The van der Waals surface area contributed by atoms with Crippen molar-refractivity contribution in [1.29, 1.82) is 0 Å². The smallest absolute Gasteiger partial charge is 0.314 e. The zero-order valence-electron chi connectivity index (χ0n) is 16.8. The number of hydrogen-bond acceptors (Lipinski definition) is 6. The molecule has 1 amide bonds. The van der Waals surface area contributed by atoms with Crippen LogP contribution in [0, 0.1) is 17.8 Å². The van der Waals surface area contributed by atoms with Crippen molar-refractivity contribution in [1.82, 2.24) is 4.90 Å². The third kappa shape index (κ3) is 3.23. The SMILES string of the molecule is CC[C@H](C)C(=O)Oc1cccc(CN2C[C@@]34C=C[C@@H](O3)[C@@H](C(=O)OC)[C@H]4C2=O)c1. The van der Waals surface area contributed by atoms with Crippen LogP contribution in [0.4, 0.5) is 0 Å². The highest BCUT2D eigenvalue weighted by molar-refractivity contribution is 5.91. The largest absolute Gasteiger partial charge is 0.469 e. The van der Waals surface area contributed by atoms with Crippen LogP contribution < -0.4 is 4.74 Å². The van der Waals surface area contributed by atoms with Gasteiger partial charge in [0.15, 0.2) is 0 Å². The maximum Gasteiger partial charge on any atom is 0.314 e. The van der Waals surface area contributed by atoms with Crippen LogP contribution in [-0.2, 0) is 30.4 Å². The average Bonchev–Trinajstić information content (AvgIpc) is 3.35. The van der Waals surface area contributed by atoms with E-state index in [1.165, 1.54) is 7.11 Å². The topological polar surface area (TPSA) is 82.1 Å². The Labute approximate surface area is 169 Å². The minimum Gasteiger partial charge on any atom is -0.469 e.